The van der Waals surface area contributed by atoms with Gasteiger partial charge in [-0.05, 0) is 55.4 Å². The molecule has 1 N–H and O–H groups in total. The molecule has 3 fully saturated rings. The summed E-state index contributed by atoms with van der Waals surface area (Å²) in [5.41, 5.74) is 3.00. The molecule has 0 saturated carbocycles. The first-order valence-electron chi connectivity index (χ1n) is 24.8. The van der Waals surface area contributed by atoms with Crippen molar-refractivity contribution in [3.63, 3.8) is 0 Å². The molecule has 14 nitrogen and oxygen atoms in total. The number of β-lactam (4-membered cyclic amide) rings is 1. The highest BCUT2D eigenvalue weighted by Crippen LogP contribution is 2.43. The Bertz CT molecular complexity index is 3070. The number of esters is 1. The molecule has 10 rings (SSSR count). The second-order valence-corrected chi connectivity index (χ2v) is 20.4. The number of thiazole rings is 1. The number of aryl methyl sites for hydroxylation is 1. The Balaban J connectivity index is 0.981. The molecule has 3 saturated heterocycles. The number of fused-ring (bicyclic) bond motifs is 1. The summed E-state index contributed by atoms with van der Waals surface area (Å²) in [6, 6.07) is 45.3. The van der Waals surface area contributed by atoms with Crippen molar-refractivity contribution in [1.29, 1.82) is 0 Å². The van der Waals surface area contributed by atoms with Gasteiger partial charge in [-0.15, -0.1) is 11.3 Å². The molecule has 6 aromatic rings. The van der Waals surface area contributed by atoms with Crippen molar-refractivity contribution in [2.45, 2.75) is 62.4 Å². The highest BCUT2D eigenvalue weighted by Gasteiger charge is 2.54. The van der Waals surface area contributed by atoms with Crippen molar-refractivity contribution in [2.24, 2.45) is 5.16 Å². The molecule has 3 atom stereocenters. The predicted molar refractivity (Wildman–Crippen MR) is 284 cm³/mol. The molecule has 5 aromatic carbocycles. The first-order chi connectivity index (χ1) is 36.5. The molecule has 380 valence electrons. The van der Waals surface area contributed by atoms with E-state index in [4.69, 9.17) is 25.9 Å². The molecule has 0 aliphatic carbocycles. The highest BCUT2D eigenvalue weighted by atomic mass is 35.5. The largest absolute Gasteiger partial charge is 0.448 e. The molecule has 0 radical (unpaired) electrons. The van der Waals surface area contributed by atoms with Crippen molar-refractivity contribution in [3.05, 3.63) is 230 Å². The van der Waals surface area contributed by atoms with Crippen LogP contribution < -0.4 is 5.32 Å². The molecule has 4 aliphatic heterocycles. The minimum atomic E-state index is -1.36. The lowest BCUT2D eigenvalue weighted by Gasteiger charge is -2.50. The number of hydrogen-bond donors (Lipinski definition) is 1. The van der Waals surface area contributed by atoms with Gasteiger partial charge in [-0.3, -0.25) is 19.3 Å². The summed E-state index contributed by atoms with van der Waals surface area (Å²) in [5.74, 6) is -2.31. The van der Waals surface area contributed by atoms with E-state index in [0.717, 1.165) is 16.7 Å². The lowest BCUT2D eigenvalue weighted by atomic mass is 9.80. The quantitative estimate of drug-likeness (QED) is 0.0190. The smallest absolute Gasteiger partial charge is 0.410 e. The molecule has 0 bridgehead atoms. The summed E-state index contributed by atoms with van der Waals surface area (Å²) in [6.07, 6.45) is 3.48. The fourth-order valence-electron chi connectivity index (χ4n) is 10.4. The molecule has 4 aliphatic rings. The number of carbonyl (C=O) groups excluding carboxylic acids is 5. The molecule has 1 unspecified atom stereocenters. The number of rotatable bonds is 16. The van der Waals surface area contributed by atoms with Crippen LogP contribution in [0, 0.1) is 6.92 Å². The predicted octanol–water partition coefficient (Wildman–Crippen LogP) is 9.45. The number of likely N-dealkylation sites (tertiary alicyclic amines) is 2. The first-order valence-corrected chi connectivity index (χ1v) is 26.0. The Morgan fingerprint density at radius 2 is 1.40 bits per heavy atom. The number of allylic oxidation sites excluding steroid dienone is 2. The summed E-state index contributed by atoms with van der Waals surface area (Å²) < 4.78 is 11.9. The third-order valence-electron chi connectivity index (χ3n) is 14.0. The SMILES string of the molecule is C=CCOC(=O)N1CC[C@@H](N2CC/C(=C\C3=C(C(=O)OC(c4ccccc4)c4ccccc4)N4C(=O)[C@@H](NC(=O)/C(=N\OC(c5ccccc5)(c5ccccc5)c5ccccc5)c5nc(C)sc5Cl)C4CC3)C2=O)C1. The van der Waals surface area contributed by atoms with Crippen LogP contribution in [-0.2, 0) is 39.1 Å². The van der Waals surface area contributed by atoms with Gasteiger partial charge in [0.1, 0.15) is 28.4 Å². The molecule has 1 aromatic heterocycles. The maximum Gasteiger partial charge on any atom is 0.410 e. The zero-order valence-electron chi connectivity index (χ0n) is 41.1. The van der Waals surface area contributed by atoms with E-state index in [0.29, 0.717) is 66.2 Å². The molecule has 75 heavy (non-hydrogen) atoms. The normalized spacial score (nSPS) is 19.2. The van der Waals surface area contributed by atoms with E-state index >= 15 is 0 Å². The number of nitrogens with one attached hydrogen (secondary N) is 1. The van der Waals surface area contributed by atoms with Crippen LogP contribution in [0.2, 0.25) is 4.34 Å². The fraction of sp³-hybridized carbons (Fsp3) is 0.237. The van der Waals surface area contributed by atoms with Gasteiger partial charge in [0.25, 0.3) is 11.8 Å². The number of aromatic nitrogens is 1. The second kappa shape index (κ2) is 22.1. The molecular weight excluding hydrogens is 988 g/mol. The minimum absolute atomic E-state index is 0.0110. The number of oxime groups is 1. The van der Waals surface area contributed by atoms with E-state index in [1.54, 1.807) is 22.8 Å². The fourth-order valence-corrected chi connectivity index (χ4v) is 11.5. The number of amides is 4. The van der Waals surface area contributed by atoms with Crippen LogP contribution >= 0.6 is 22.9 Å². The maximum atomic E-state index is 15.0. The highest BCUT2D eigenvalue weighted by molar-refractivity contribution is 7.16. The zero-order valence-corrected chi connectivity index (χ0v) is 42.6. The van der Waals surface area contributed by atoms with Gasteiger partial charge in [-0.1, -0.05) is 181 Å². The van der Waals surface area contributed by atoms with Crippen molar-refractivity contribution >= 4 is 58.4 Å². The van der Waals surface area contributed by atoms with E-state index in [9.17, 15) is 24.0 Å². The Morgan fingerprint density at radius 3 is 1.95 bits per heavy atom. The Kier molecular flexibility index (Phi) is 14.9. The maximum absolute atomic E-state index is 15.0. The van der Waals surface area contributed by atoms with Crippen LogP contribution in [-0.4, -0.2) is 99.5 Å². The van der Waals surface area contributed by atoms with Gasteiger partial charge in [0, 0.05) is 41.9 Å². The van der Waals surface area contributed by atoms with E-state index in [2.05, 4.69) is 22.0 Å². The van der Waals surface area contributed by atoms with Gasteiger partial charge in [0.05, 0.1) is 17.1 Å². The van der Waals surface area contributed by atoms with Crippen LogP contribution in [0.3, 0.4) is 0 Å². The monoisotopic (exact) mass is 1040 g/mol. The molecule has 4 amide bonds. The van der Waals surface area contributed by atoms with E-state index < -0.39 is 47.7 Å². The lowest BCUT2D eigenvalue weighted by Crippen LogP contribution is -2.72. The lowest BCUT2D eigenvalue weighted by molar-refractivity contribution is -0.158. The average Bonchev–Trinajstić information content (AvgIpc) is 4.19. The summed E-state index contributed by atoms with van der Waals surface area (Å²) >= 11 is 7.99. The summed E-state index contributed by atoms with van der Waals surface area (Å²) in [6.45, 7) is 6.65. The standard InChI is InChI=1S/C59H53ClN6O8S/c1-3-35-72-58(71)64-33-32-46(37-64)65-34-31-42(55(65)68)36-41-29-30-47-48(56(69)66(47)51(41)57(70)73-52(39-19-9-4-10-20-39)40-21-11-5-12-22-40)62-54(67)50(49-53(60)75-38(2)61-49)63-74-59(43-23-13-6-14-24-43,44-25-15-7-16-26-44)45-27-17-8-18-28-45/h3-28,36,46-48,52H,1,29-35,37H2,2H3,(H,62,67)/b42-36+,63-50-/t46-,47?,48+/m1/s1. The minimum Gasteiger partial charge on any atom is -0.448 e. The number of halogens is 1. The van der Waals surface area contributed by atoms with E-state index in [1.165, 1.54) is 22.3 Å². The number of benzene rings is 5. The van der Waals surface area contributed by atoms with Crippen LogP contribution in [0.15, 0.2) is 192 Å². The van der Waals surface area contributed by atoms with Crippen molar-refractivity contribution in [1.82, 2.24) is 25.0 Å². The third kappa shape index (κ3) is 10.1. The van der Waals surface area contributed by atoms with Crippen LogP contribution in [0.5, 0.6) is 0 Å². The van der Waals surface area contributed by atoms with Gasteiger partial charge in [0.2, 0.25) is 11.5 Å². The van der Waals surface area contributed by atoms with Crippen LogP contribution in [0.4, 0.5) is 4.79 Å². The van der Waals surface area contributed by atoms with Gasteiger partial charge < -0.3 is 29.4 Å². The van der Waals surface area contributed by atoms with Crippen molar-refractivity contribution < 1.29 is 38.3 Å². The van der Waals surface area contributed by atoms with Crippen LogP contribution in [0.1, 0.15) is 70.3 Å². The number of ether oxygens (including phenoxy) is 2. The number of carbonyl (C=O) groups is 5. The average molecular weight is 1040 g/mol. The number of nitrogens with zero attached hydrogens (tertiary/aromatic N) is 5. The third-order valence-corrected chi connectivity index (χ3v) is 15.2. The number of hydrogen-bond acceptors (Lipinski definition) is 11. The Labute approximate surface area is 443 Å². The van der Waals surface area contributed by atoms with Gasteiger partial charge >= 0.3 is 12.1 Å². The van der Waals surface area contributed by atoms with Crippen LogP contribution in [0.25, 0.3) is 0 Å². The van der Waals surface area contributed by atoms with Crippen molar-refractivity contribution in [3.8, 4) is 0 Å². The van der Waals surface area contributed by atoms with Gasteiger partial charge in [0.15, 0.2) is 11.8 Å². The topological polar surface area (TPSA) is 160 Å². The van der Waals surface area contributed by atoms with E-state index in [1.807, 2.05) is 152 Å². The molecular formula is C59H53ClN6O8S. The Hall–Kier alpha value is -8.14. The molecule has 5 heterocycles. The second-order valence-electron chi connectivity index (χ2n) is 18.6. The first kappa shape index (κ1) is 50.4. The van der Waals surface area contributed by atoms with Crippen molar-refractivity contribution in [2.75, 3.05) is 26.2 Å². The van der Waals surface area contributed by atoms with E-state index in [-0.39, 0.29) is 46.4 Å². The van der Waals surface area contributed by atoms with Gasteiger partial charge in [-0.25, -0.2) is 14.6 Å². The summed E-state index contributed by atoms with van der Waals surface area (Å²) in [5, 5.41) is 8.17. The molecule has 16 heteroatoms. The summed E-state index contributed by atoms with van der Waals surface area (Å²) in [4.78, 5) is 87.7. The van der Waals surface area contributed by atoms with Gasteiger partial charge in [-0.2, -0.15) is 0 Å². The molecule has 0 spiro atoms. The summed E-state index contributed by atoms with van der Waals surface area (Å²) in [7, 11) is 0. The Morgan fingerprint density at radius 1 is 0.827 bits per heavy atom. The zero-order chi connectivity index (χ0) is 52.1.